The van der Waals surface area contributed by atoms with E-state index < -0.39 is 194 Å². The third kappa shape index (κ3) is 44.4. The van der Waals surface area contributed by atoms with Crippen LogP contribution in [0.15, 0.2) is 30.0 Å². The number of carboxylic acid groups (broad SMARTS) is 2. The number of amides is 13. The van der Waals surface area contributed by atoms with E-state index in [2.05, 4.69) is 93.8 Å². The Morgan fingerprint density at radius 2 is 0.704 bits per heavy atom. The molecule has 1 saturated heterocycles. The van der Waals surface area contributed by atoms with Gasteiger partial charge in [-0.2, -0.15) is 0 Å². The minimum atomic E-state index is -1.75. The second-order valence-corrected chi connectivity index (χ2v) is 26.3. The average Bonchev–Trinajstić information content (AvgIpc) is 1.71. The second kappa shape index (κ2) is 55.9. The lowest BCUT2D eigenvalue weighted by atomic mass is 10.0. The molecule has 0 unspecified atom stereocenters. The molecule has 1 fully saturated rings. The van der Waals surface area contributed by atoms with Crippen LogP contribution in [0.3, 0.4) is 0 Å². The van der Waals surface area contributed by atoms with Gasteiger partial charge in [-0.25, -0.2) is 4.79 Å². The zero-order valence-electron chi connectivity index (χ0n) is 64.4. The van der Waals surface area contributed by atoms with Gasteiger partial charge in [0.05, 0.1) is 32.3 Å². The number of hydrogen-bond donors (Lipinski definition) is 29. The molecule has 51 nitrogen and oxygen atoms in total. The molecule has 11 atom stereocenters. The highest BCUT2D eigenvalue weighted by Gasteiger charge is 2.41. The Hall–Kier alpha value is -12.4. The Morgan fingerprint density at radius 1 is 0.383 bits per heavy atom. The SMILES string of the molecule is C[C@H](NC(=O)[C@@H](N)CCCN=C(N)N)C(=O)N[C@@H](CCCN=C(N)N)C(=O)NCC(=O)N[C@@H](CCCN=C(N)N)C(=O)NCC(=O)N[C@@H](CCCN=C(N)N)C(=O)NCC(=O)N[C@@H](CCC(=O)O)C(=O)N[C@@H](CCCCN)C(=O)N[C@@H](CCCN=C(N)N)C(=O)N1CCC[C@H]1C(=O)N[C@@H](CCCN=C(N)N)C(=O)N[C@@H](CO)C(=O)O. The molecule has 0 aromatic heterocycles. The van der Waals surface area contributed by atoms with Crippen LogP contribution in [-0.4, -0.2) is 290 Å². The number of carbonyl (C=O) groups excluding carboxylic acids is 13. The molecule has 43 N–H and O–H groups in total. The molecule has 648 valence electrons. The van der Waals surface area contributed by atoms with Gasteiger partial charge in [-0.3, -0.25) is 97.1 Å². The number of nitrogens with zero attached hydrogens (tertiary/aromatic N) is 7. The van der Waals surface area contributed by atoms with Crippen LogP contribution in [0.1, 0.15) is 129 Å². The quantitative estimate of drug-likeness (QED) is 0.0153. The molecule has 51 heteroatoms. The first-order valence-electron chi connectivity index (χ1n) is 37.0. The van der Waals surface area contributed by atoms with E-state index in [4.69, 9.17) is 80.3 Å². The van der Waals surface area contributed by atoms with Gasteiger partial charge >= 0.3 is 11.9 Å². The molecule has 1 heterocycles. The monoisotopic (exact) mass is 1640 g/mol. The van der Waals surface area contributed by atoms with Gasteiger partial charge in [0.15, 0.2) is 35.8 Å². The minimum absolute atomic E-state index is 0.00498. The molecule has 13 amide bonds. The fourth-order valence-corrected chi connectivity index (χ4v) is 10.9. The van der Waals surface area contributed by atoms with E-state index in [0.717, 1.165) is 4.90 Å². The number of aliphatic hydroxyl groups is 1. The summed E-state index contributed by atoms with van der Waals surface area (Å²) in [6.07, 6.45) is -0.552. The minimum Gasteiger partial charge on any atom is -0.481 e. The third-order valence-corrected chi connectivity index (χ3v) is 16.8. The molecule has 0 bridgehead atoms. The van der Waals surface area contributed by atoms with Crippen molar-refractivity contribution in [3.05, 3.63) is 0 Å². The fourth-order valence-electron chi connectivity index (χ4n) is 10.9. The molecule has 115 heavy (non-hydrogen) atoms. The molecule has 0 aliphatic carbocycles. The summed E-state index contributed by atoms with van der Waals surface area (Å²) in [5.74, 6) is -16.7. The van der Waals surface area contributed by atoms with Crippen LogP contribution in [0, 0.1) is 0 Å². The van der Waals surface area contributed by atoms with Gasteiger partial charge in [0.25, 0.3) is 0 Å². The normalized spacial score (nSPS) is 14.6. The van der Waals surface area contributed by atoms with Crippen molar-refractivity contribution in [1.29, 1.82) is 0 Å². The maximum absolute atomic E-state index is 14.7. The summed E-state index contributed by atoms with van der Waals surface area (Å²) in [7, 11) is 0. The summed E-state index contributed by atoms with van der Waals surface area (Å²) >= 11 is 0. The Balaban J connectivity index is 3.47. The number of carbonyl (C=O) groups is 15. The van der Waals surface area contributed by atoms with E-state index in [-0.39, 0.29) is 184 Å². The van der Waals surface area contributed by atoms with Crippen LogP contribution in [0.25, 0.3) is 0 Å². The zero-order valence-corrected chi connectivity index (χ0v) is 64.4. The highest BCUT2D eigenvalue weighted by molar-refractivity contribution is 5.99. The summed E-state index contributed by atoms with van der Waals surface area (Å²) in [6.45, 7) is -2.06. The average molecular weight is 1640 g/mol. The van der Waals surface area contributed by atoms with Gasteiger partial charge in [0.2, 0.25) is 76.8 Å². The number of aliphatic carboxylic acids is 2. The molecule has 0 aromatic rings. The first-order valence-corrected chi connectivity index (χ1v) is 37.0. The van der Waals surface area contributed by atoms with Crippen molar-refractivity contribution in [2.24, 2.45) is 110 Å². The maximum Gasteiger partial charge on any atom is 0.328 e. The molecular formula is C64H119N33O18. The van der Waals surface area contributed by atoms with E-state index in [9.17, 15) is 87.2 Å². The van der Waals surface area contributed by atoms with Crippen molar-refractivity contribution >= 4 is 124 Å². The summed E-state index contributed by atoms with van der Waals surface area (Å²) in [6, 6.07) is -15.7. The van der Waals surface area contributed by atoms with Gasteiger partial charge in [-0.1, -0.05) is 0 Å². The largest absolute Gasteiger partial charge is 0.481 e. The molecule has 0 radical (unpaired) electrons. The number of guanidine groups is 6. The van der Waals surface area contributed by atoms with Gasteiger partial charge < -0.3 is 164 Å². The lowest BCUT2D eigenvalue weighted by Crippen LogP contribution is -2.59. The van der Waals surface area contributed by atoms with Crippen LogP contribution in [0.4, 0.5) is 0 Å². The van der Waals surface area contributed by atoms with Gasteiger partial charge in [0.1, 0.15) is 60.4 Å². The molecule has 0 spiro atoms. The van der Waals surface area contributed by atoms with Crippen LogP contribution >= 0.6 is 0 Å². The summed E-state index contributed by atoms with van der Waals surface area (Å²) < 4.78 is 0. The Morgan fingerprint density at radius 3 is 1.07 bits per heavy atom. The standard InChI is InChI=1S/C64H119N33O18/c1-33(88-49(105)34(66)11-4-22-79-59(67)68)48(104)92-37(15-7-25-82-62(73)74)52(108)87-30-45(100)90-35(13-5-23-80-60(69)70)50(106)85-29-44(99)89-36(14-6-24-81-61(71)72)51(107)86-31-46(101)91-40(19-20-47(102)103)55(111)93-38(12-2-3-21-65)53(109)95-41(17-9-27-84-64(77)78)57(113)97-28-10-18-43(97)56(112)94-39(16-8-26-83-63(75)76)54(110)96-42(32-98)58(114)115/h33-43,98H,2-32,65-66H2,1H3,(H,85,106)(H,86,107)(H,87,108)(H,88,105)(H,89,99)(H,90,100)(H,91,101)(H,92,104)(H,93,111)(H,94,112)(H,95,109)(H,96,110)(H,102,103)(H,114,115)(H4,67,68,79)(H4,69,70,80)(H4,71,72,81)(H4,73,74,82)(H4,75,76,83)(H4,77,78,84)/t33-,34-,35-,36-,37-,38-,39-,40-,41-,42-,43-/m0/s1. The number of aliphatic hydroxyl groups excluding tert-OH is 1. The molecule has 1 aliphatic rings. The number of aliphatic imine (C=N–C) groups is 6. The van der Waals surface area contributed by atoms with Crippen LogP contribution in [0.2, 0.25) is 0 Å². The van der Waals surface area contributed by atoms with E-state index in [1.54, 1.807) is 0 Å². The molecule has 0 saturated carbocycles. The van der Waals surface area contributed by atoms with Crippen molar-refractivity contribution in [2.45, 2.75) is 195 Å². The Bertz CT molecular complexity index is 3410. The van der Waals surface area contributed by atoms with Crippen molar-refractivity contribution in [3.63, 3.8) is 0 Å². The van der Waals surface area contributed by atoms with E-state index in [0.29, 0.717) is 12.8 Å². The maximum atomic E-state index is 14.7. The Labute approximate surface area is 662 Å². The highest BCUT2D eigenvalue weighted by atomic mass is 16.4. The van der Waals surface area contributed by atoms with Gasteiger partial charge in [0, 0.05) is 52.2 Å². The van der Waals surface area contributed by atoms with Gasteiger partial charge in [-0.15, -0.1) is 0 Å². The number of hydrogen-bond acceptors (Lipinski definition) is 24. The predicted molar refractivity (Wildman–Crippen MR) is 419 cm³/mol. The van der Waals surface area contributed by atoms with Crippen LogP contribution in [-0.2, 0) is 71.9 Å². The van der Waals surface area contributed by atoms with Crippen molar-refractivity contribution in [3.8, 4) is 0 Å². The Kier molecular flexibility index (Phi) is 48.9. The summed E-state index contributed by atoms with van der Waals surface area (Å²) in [5.41, 5.74) is 77.1. The first kappa shape index (κ1) is 101. The second-order valence-electron chi connectivity index (χ2n) is 26.3. The van der Waals surface area contributed by atoms with E-state index in [1.807, 2.05) is 0 Å². The van der Waals surface area contributed by atoms with E-state index in [1.165, 1.54) is 6.92 Å². The molecule has 1 rings (SSSR count). The van der Waals surface area contributed by atoms with E-state index >= 15 is 0 Å². The third-order valence-electron chi connectivity index (χ3n) is 16.8. The fraction of sp³-hybridized carbons (Fsp3) is 0.672. The molecular weight excluding hydrogens is 1520 g/mol. The lowest BCUT2D eigenvalue weighted by molar-refractivity contribution is -0.144. The topological polar surface area (TPSA) is 903 Å². The van der Waals surface area contributed by atoms with Crippen molar-refractivity contribution in [1.82, 2.24) is 68.7 Å². The lowest BCUT2D eigenvalue weighted by Gasteiger charge is -2.31. The number of unbranched alkanes of at least 4 members (excludes halogenated alkanes) is 1. The van der Waals surface area contributed by atoms with Crippen molar-refractivity contribution in [2.75, 3.05) is 78.6 Å². The first-order chi connectivity index (χ1) is 54.3. The van der Waals surface area contributed by atoms with Crippen LogP contribution < -0.4 is 144 Å². The number of nitrogens with two attached hydrogens (primary N) is 14. The predicted octanol–water partition coefficient (Wildman–Crippen LogP) is -14.6. The number of rotatable bonds is 58. The van der Waals surface area contributed by atoms with Gasteiger partial charge in [-0.05, 0) is 129 Å². The zero-order chi connectivity index (χ0) is 86.7. The van der Waals surface area contributed by atoms with Crippen LogP contribution in [0.5, 0.6) is 0 Å². The number of nitrogens with one attached hydrogen (secondary N) is 12. The number of carboxylic acids is 2. The van der Waals surface area contributed by atoms with Crippen molar-refractivity contribution < 1.29 is 87.2 Å². The number of likely N-dealkylation sites (tertiary alicyclic amines) is 1. The molecule has 0 aromatic carbocycles. The summed E-state index contributed by atoms with van der Waals surface area (Å²) in [5, 5.41) is 57.9. The highest BCUT2D eigenvalue weighted by Crippen LogP contribution is 2.21. The summed E-state index contributed by atoms with van der Waals surface area (Å²) in [4.78, 5) is 227. The smallest absolute Gasteiger partial charge is 0.328 e. The molecule has 1 aliphatic heterocycles.